The van der Waals surface area contributed by atoms with E-state index in [1.165, 1.54) is 27.4 Å². The normalized spacial score (nSPS) is 16.7. The number of benzene rings is 1. The summed E-state index contributed by atoms with van der Waals surface area (Å²) >= 11 is 0. The lowest BCUT2D eigenvalue weighted by Gasteiger charge is -2.32. The summed E-state index contributed by atoms with van der Waals surface area (Å²) in [6, 6.07) is 7.64. The van der Waals surface area contributed by atoms with Gasteiger partial charge in [0.2, 0.25) is 0 Å². The zero-order valence-corrected chi connectivity index (χ0v) is 17.9. The number of rotatable bonds is 5. The van der Waals surface area contributed by atoms with Crippen LogP contribution >= 0.6 is 0 Å². The standard InChI is InChI=1S/C23H26N2O6/c1-29-21(26)16-11-14-24(15-12-16)17-7-9-18(10-8-17)25-13-5-4-6-19(22(27)30-2)20(25)23(28)31-3/h4-10,13,16H,11-12,14-15H2,1-3H3. The van der Waals surface area contributed by atoms with Crippen molar-refractivity contribution in [3.05, 3.63) is 60.0 Å². The molecule has 3 rings (SSSR count). The molecule has 2 heterocycles. The van der Waals surface area contributed by atoms with Crippen molar-refractivity contribution in [2.75, 3.05) is 44.2 Å². The van der Waals surface area contributed by atoms with Crippen LogP contribution in [-0.2, 0) is 28.6 Å². The first-order valence-electron chi connectivity index (χ1n) is 9.98. The van der Waals surface area contributed by atoms with Gasteiger partial charge >= 0.3 is 17.9 Å². The molecule has 0 unspecified atom stereocenters. The van der Waals surface area contributed by atoms with E-state index in [1.807, 2.05) is 24.3 Å². The second-order valence-corrected chi connectivity index (χ2v) is 7.12. The van der Waals surface area contributed by atoms with Crippen LogP contribution in [0.15, 0.2) is 60.0 Å². The molecule has 0 spiro atoms. The van der Waals surface area contributed by atoms with Crippen molar-refractivity contribution in [2.24, 2.45) is 5.92 Å². The van der Waals surface area contributed by atoms with Crippen molar-refractivity contribution in [1.29, 1.82) is 0 Å². The Balaban J connectivity index is 1.84. The van der Waals surface area contributed by atoms with Gasteiger partial charge in [-0.25, -0.2) is 9.59 Å². The number of carbonyl (C=O) groups is 3. The molecule has 0 bridgehead atoms. The van der Waals surface area contributed by atoms with Gasteiger partial charge < -0.3 is 24.0 Å². The number of anilines is 2. The zero-order valence-electron chi connectivity index (χ0n) is 17.9. The Morgan fingerprint density at radius 3 is 2.03 bits per heavy atom. The van der Waals surface area contributed by atoms with E-state index in [0.29, 0.717) is 5.69 Å². The molecule has 1 aromatic carbocycles. The Labute approximate surface area is 181 Å². The Hall–Kier alpha value is -3.55. The maximum Gasteiger partial charge on any atom is 0.355 e. The van der Waals surface area contributed by atoms with Crippen molar-refractivity contribution in [3.8, 4) is 0 Å². The molecule has 0 N–H and O–H groups in total. The fraction of sp³-hybridized carbons (Fsp3) is 0.348. The summed E-state index contributed by atoms with van der Waals surface area (Å²) in [5.41, 5.74) is 1.88. The van der Waals surface area contributed by atoms with Gasteiger partial charge in [0.15, 0.2) is 0 Å². The molecule has 164 valence electrons. The molecule has 0 aliphatic carbocycles. The summed E-state index contributed by atoms with van der Waals surface area (Å²) in [6.45, 7) is 1.51. The molecule has 2 aliphatic rings. The largest absolute Gasteiger partial charge is 0.469 e. The molecule has 31 heavy (non-hydrogen) atoms. The lowest BCUT2D eigenvalue weighted by atomic mass is 9.96. The highest BCUT2D eigenvalue weighted by atomic mass is 16.5. The summed E-state index contributed by atoms with van der Waals surface area (Å²) in [5, 5.41) is 0. The monoisotopic (exact) mass is 426 g/mol. The van der Waals surface area contributed by atoms with E-state index in [0.717, 1.165) is 31.6 Å². The minimum absolute atomic E-state index is 0.0558. The first-order valence-corrected chi connectivity index (χ1v) is 9.98. The van der Waals surface area contributed by atoms with E-state index >= 15 is 0 Å². The van der Waals surface area contributed by atoms with Crippen LogP contribution in [0.5, 0.6) is 0 Å². The number of piperidine rings is 1. The molecule has 0 saturated carbocycles. The van der Waals surface area contributed by atoms with E-state index in [-0.39, 0.29) is 23.2 Å². The van der Waals surface area contributed by atoms with Crippen LogP contribution in [0.3, 0.4) is 0 Å². The number of allylic oxidation sites excluding steroid dienone is 2. The van der Waals surface area contributed by atoms with Gasteiger partial charge in [0.05, 0.1) is 32.8 Å². The molecule has 1 aromatic rings. The van der Waals surface area contributed by atoms with Crippen LogP contribution in [0.25, 0.3) is 0 Å². The van der Waals surface area contributed by atoms with E-state index in [4.69, 9.17) is 14.2 Å². The van der Waals surface area contributed by atoms with E-state index in [9.17, 15) is 14.4 Å². The van der Waals surface area contributed by atoms with Gasteiger partial charge in [-0.15, -0.1) is 0 Å². The van der Waals surface area contributed by atoms with Crippen LogP contribution in [0.2, 0.25) is 0 Å². The van der Waals surface area contributed by atoms with E-state index < -0.39 is 11.9 Å². The smallest absolute Gasteiger partial charge is 0.355 e. The highest BCUT2D eigenvalue weighted by Gasteiger charge is 2.28. The number of carbonyl (C=O) groups excluding carboxylic acids is 3. The zero-order chi connectivity index (χ0) is 22.4. The molecule has 2 aliphatic heterocycles. The highest BCUT2D eigenvalue weighted by Crippen LogP contribution is 2.30. The Morgan fingerprint density at radius 1 is 0.839 bits per heavy atom. The van der Waals surface area contributed by atoms with Gasteiger partial charge in [0.1, 0.15) is 5.70 Å². The lowest BCUT2D eigenvalue weighted by molar-refractivity contribution is -0.146. The van der Waals surface area contributed by atoms with Crippen LogP contribution in [0.1, 0.15) is 12.8 Å². The predicted molar refractivity (Wildman–Crippen MR) is 115 cm³/mol. The number of hydrogen-bond acceptors (Lipinski definition) is 8. The average molecular weight is 426 g/mol. The van der Waals surface area contributed by atoms with Gasteiger partial charge in [-0.3, -0.25) is 4.79 Å². The molecule has 8 heteroatoms. The van der Waals surface area contributed by atoms with Crippen molar-refractivity contribution >= 4 is 29.3 Å². The minimum Gasteiger partial charge on any atom is -0.469 e. The molecule has 1 fully saturated rings. The van der Waals surface area contributed by atoms with E-state index in [1.54, 1.807) is 23.3 Å². The third kappa shape index (κ3) is 4.79. The summed E-state index contributed by atoms with van der Waals surface area (Å²) in [4.78, 5) is 40.3. The quantitative estimate of drug-likeness (QED) is 0.525. The van der Waals surface area contributed by atoms with Crippen LogP contribution in [0.4, 0.5) is 11.4 Å². The molecular formula is C23H26N2O6. The number of esters is 3. The van der Waals surface area contributed by atoms with Crippen LogP contribution in [0, 0.1) is 5.92 Å². The third-order valence-electron chi connectivity index (χ3n) is 5.41. The molecule has 0 radical (unpaired) electrons. The van der Waals surface area contributed by atoms with Gasteiger partial charge in [-0.05, 0) is 49.3 Å². The Kier molecular flexibility index (Phi) is 7.12. The minimum atomic E-state index is -0.648. The summed E-state index contributed by atoms with van der Waals surface area (Å²) < 4.78 is 14.6. The molecule has 0 aromatic heterocycles. The fourth-order valence-corrected chi connectivity index (χ4v) is 3.73. The number of nitrogens with zero attached hydrogens (tertiary/aromatic N) is 2. The third-order valence-corrected chi connectivity index (χ3v) is 5.41. The van der Waals surface area contributed by atoms with Gasteiger partial charge in [-0.2, -0.15) is 0 Å². The molecule has 0 atom stereocenters. The number of hydrogen-bond donors (Lipinski definition) is 0. The highest BCUT2D eigenvalue weighted by molar-refractivity contribution is 6.05. The predicted octanol–water partition coefficient (Wildman–Crippen LogP) is 2.57. The van der Waals surface area contributed by atoms with Crippen molar-refractivity contribution < 1.29 is 28.6 Å². The van der Waals surface area contributed by atoms with Crippen molar-refractivity contribution in [2.45, 2.75) is 12.8 Å². The average Bonchev–Trinajstić information content (AvgIpc) is 3.06. The Morgan fingerprint density at radius 2 is 1.45 bits per heavy atom. The summed E-state index contributed by atoms with van der Waals surface area (Å²) in [6.07, 6.45) is 8.09. The molecule has 0 amide bonds. The number of ether oxygens (including phenoxy) is 3. The lowest BCUT2D eigenvalue weighted by Crippen LogP contribution is -2.36. The maximum atomic E-state index is 12.5. The van der Waals surface area contributed by atoms with Crippen molar-refractivity contribution in [3.63, 3.8) is 0 Å². The SMILES string of the molecule is COC(=O)C1=C(C(=O)OC)N(c2ccc(N3CCC(C(=O)OC)CC3)cc2)C=CC=C1. The Bertz CT molecular complexity index is 924. The second-order valence-electron chi connectivity index (χ2n) is 7.12. The van der Waals surface area contributed by atoms with Gasteiger partial charge in [0, 0.05) is 30.7 Å². The van der Waals surface area contributed by atoms with Gasteiger partial charge in [-0.1, -0.05) is 6.08 Å². The number of methoxy groups -OCH3 is 3. The first-order chi connectivity index (χ1) is 15.0. The fourth-order valence-electron chi connectivity index (χ4n) is 3.73. The second kappa shape index (κ2) is 9.97. The summed E-state index contributed by atoms with van der Waals surface area (Å²) in [5.74, 6) is -1.49. The molecular weight excluding hydrogens is 400 g/mol. The van der Waals surface area contributed by atoms with Crippen molar-refractivity contribution in [1.82, 2.24) is 0 Å². The molecule has 8 nitrogen and oxygen atoms in total. The maximum absolute atomic E-state index is 12.5. The topological polar surface area (TPSA) is 85.4 Å². The van der Waals surface area contributed by atoms with Crippen LogP contribution in [-0.4, -0.2) is 52.3 Å². The van der Waals surface area contributed by atoms with Gasteiger partial charge in [0.25, 0.3) is 0 Å². The van der Waals surface area contributed by atoms with Crippen LogP contribution < -0.4 is 9.80 Å². The van der Waals surface area contributed by atoms with E-state index in [2.05, 4.69) is 4.90 Å². The first kappa shape index (κ1) is 22.1. The summed E-state index contributed by atoms with van der Waals surface area (Å²) in [7, 11) is 3.95. The molecule has 1 saturated heterocycles.